The van der Waals surface area contributed by atoms with Crippen molar-refractivity contribution in [2.75, 3.05) is 81.8 Å². The molecule has 0 spiro atoms. The van der Waals surface area contributed by atoms with Gasteiger partial charge < -0.3 is 46.7 Å². The summed E-state index contributed by atoms with van der Waals surface area (Å²) in [4.78, 5) is 76.1. The van der Waals surface area contributed by atoms with E-state index < -0.39 is 90.8 Å². The van der Waals surface area contributed by atoms with Crippen molar-refractivity contribution < 1.29 is 95.1 Å². The second kappa shape index (κ2) is 59.5. The summed E-state index contributed by atoms with van der Waals surface area (Å²) in [6.45, 7) is 3.63. The number of phosphoric acid groups is 2. The van der Waals surface area contributed by atoms with Crippen LogP contribution >= 0.6 is 15.6 Å². The molecule has 0 aliphatic heterocycles. The lowest BCUT2D eigenvalue weighted by Crippen LogP contribution is -2.38. The number of unbranched alkanes of at least 4 members (excludes halogenated alkanes) is 36. The van der Waals surface area contributed by atoms with Crippen molar-refractivity contribution in [2.24, 2.45) is 0 Å². The summed E-state index contributed by atoms with van der Waals surface area (Å²) in [5.74, 6) is -2.49. The van der Waals surface area contributed by atoms with Gasteiger partial charge in [0.2, 0.25) is 12.6 Å². The van der Waals surface area contributed by atoms with Crippen LogP contribution in [-0.4, -0.2) is 127 Å². The third-order valence-electron chi connectivity index (χ3n) is 15.4. The average molecular weight is 1330 g/mol. The van der Waals surface area contributed by atoms with E-state index in [1.807, 2.05) is 42.3 Å². The number of esters is 4. The normalized spacial score (nSPS) is 16.0. The number of nitrogens with zero attached hydrogens (tertiary/aromatic N) is 2. The predicted octanol–water partition coefficient (Wildman–Crippen LogP) is 17.8. The summed E-state index contributed by atoms with van der Waals surface area (Å²) in [5, 5.41) is 0. The molecule has 534 valence electrons. The van der Waals surface area contributed by atoms with Gasteiger partial charge in [0, 0.05) is 36.6 Å². The molecule has 0 N–H and O–H groups in total. The minimum Gasteiger partial charge on any atom is -0.756 e. The fourth-order valence-electron chi connectivity index (χ4n) is 9.77. The van der Waals surface area contributed by atoms with Crippen LogP contribution in [0.2, 0.25) is 0 Å². The van der Waals surface area contributed by atoms with Crippen molar-refractivity contribution >= 4 is 39.5 Å². The highest BCUT2D eigenvalue weighted by molar-refractivity contribution is 7.46. The smallest absolute Gasteiger partial charge is 0.308 e. The summed E-state index contributed by atoms with van der Waals surface area (Å²) in [7, 11) is 1.38. The van der Waals surface area contributed by atoms with E-state index in [0.29, 0.717) is 86.3 Å². The molecule has 20 heteroatoms. The van der Waals surface area contributed by atoms with Gasteiger partial charge in [0.05, 0.1) is 42.3 Å². The van der Waals surface area contributed by atoms with Crippen molar-refractivity contribution in [1.29, 1.82) is 0 Å². The van der Waals surface area contributed by atoms with Gasteiger partial charge in [-0.2, -0.15) is 0 Å². The fraction of sp³-hybridized carbons (Fsp3) is 0.943. The van der Waals surface area contributed by atoms with E-state index >= 15 is 0 Å². The molecule has 0 radical (unpaired) electrons. The van der Waals surface area contributed by atoms with Gasteiger partial charge in [-0.3, -0.25) is 37.4 Å². The van der Waals surface area contributed by atoms with E-state index in [1.165, 1.54) is 89.9 Å². The molecule has 0 aromatic rings. The molecule has 0 heterocycles. The second-order valence-electron chi connectivity index (χ2n) is 26.5. The average Bonchev–Trinajstić information content (AvgIpc) is 0.743. The zero-order chi connectivity index (χ0) is 73.9. The van der Waals surface area contributed by atoms with Crippen molar-refractivity contribution in [1.82, 2.24) is 0 Å². The second-order valence-corrected chi connectivity index (χ2v) is 29.3. The molecule has 2 unspecified atom stereocenters. The molecule has 18 nitrogen and oxygen atoms in total. The van der Waals surface area contributed by atoms with Crippen LogP contribution in [0.4, 0.5) is 0 Å². The van der Waals surface area contributed by atoms with E-state index in [4.69, 9.17) is 48.0 Å². The van der Waals surface area contributed by atoms with E-state index in [-0.39, 0.29) is 51.7 Å². The van der Waals surface area contributed by atoms with Gasteiger partial charge in [-0.25, -0.2) is 0 Å². The molecule has 0 aliphatic carbocycles. The van der Waals surface area contributed by atoms with Crippen LogP contribution in [0.3, 0.4) is 0 Å². The summed E-state index contributed by atoms with van der Waals surface area (Å²) >= 11 is 0. The third-order valence-corrected chi connectivity index (χ3v) is 17.4. The van der Waals surface area contributed by atoms with Gasteiger partial charge in [0.25, 0.3) is 15.6 Å². The van der Waals surface area contributed by atoms with Gasteiger partial charge in [0.1, 0.15) is 26.3 Å². The number of hydrogen-bond donors (Lipinski definition) is 0. The van der Waals surface area contributed by atoms with Crippen molar-refractivity contribution in [3.05, 3.63) is 0 Å². The lowest BCUT2D eigenvalue weighted by molar-refractivity contribution is -0.870. The Kier molecular flexibility index (Phi) is 48.8. The third kappa shape index (κ3) is 66.1. The maximum absolute atomic E-state index is 12.8. The highest BCUT2D eigenvalue weighted by atomic mass is 31.2. The standard InChI is InChI=1S/C70H138N2O16P2/c1-9-11-13-15-17-19-35-39-43-47-51-55-65(73)81-63-69(87-89(77,78)83-61-59-71(3,4)5)85-67(75)57-53-49-45-41-37-33-31-29-27-25-23-21-22-24-26-28-30-32-34-38-42-46-50-54-58-68(76)86-70(88-90(79,80)84-62-60-72(6,7)8)64-82-66(74)56-52-48-44-40-36-20-18-16-14-12-10-2/h69-70H,9-64H2,1-8H3/t69-,70-/m1/s1/i21D2,22D2,23D2,24D2. The van der Waals surface area contributed by atoms with Crippen LogP contribution in [0.5, 0.6) is 0 Å². The number of hydrogen-bond acceptors (Lipinski definition) is 16. The quantitative estimate of drug-likeness (QED) is 0.0138. The van der Waals surface area contributed by atoms with Crippen LogP contribution < -0.4 is 9.79 Å². The lowest BCUT2D eigenvalue weighted by atomic mass is 10.0. The number of ether oxygens (including phenoxy) is 4. The Bertz CT molecular complexity index is 2020. The van der Waals surface area contributed by atoms with E-state index in [0.717, 1.165) is 103 Å². The molecular formula is C70H138N2O16P2. The van der Waals surface area contributed by atoms with Crippen LogP contribution in [0.25, 0.3) is 0 Å². The van der Waals surface area contributed by atoms with Crippen molar-refractivity contribution in [3.63, 3.8) is 0 Å². The van der Waals surface area contributed by atoms with E-state index in [2.05, 4.69) is 13.8 Å². The van der Waals surface area contributed by atoms with Gasteiger partial charge >= 0.3 is 23.9 Å². The first-order chi connectivity index (χ1) is 46.0. The van der Waals surface area contributed by atoms with Crippen LogP contribution in [-0.2, 0) is 65.4 Å². The molecule has 0 aromatic carbocycles. The highest BCUT2D eigenvalue weighted by Gasteiger charge is 2.27. The Hall–Kier alpha value is -1.98. The monoisotopic (exact) mass is 1330 g/mol. The molecule has 90 heavy (non-hydrogen) atoms. The van der Waals surface area contributed by atoms with Gasteiger partial charge in [-0.15, -0.1) is 0 Å². The Morgan fingerprint density at radius 2 is 0.567 bits per heavy atom. The minimum atomic E-state index is -4.92. The SMILES string of the molecule is [2H]C([2H])(CCCCCCCCCCCC(=O)O[C@@H](COC(=O)CCCCCCCCCCCCC)OP(=O)([O-])OCC[N+](C)(C)C)C([2H])([2H])C([2H])([2H])C([2H])([2H])CCCCCCCCCCCC(=O)O[C@@H](COC(=O)CCCCCCCCCCCCC)OP(=O)([O-])OCC[N+](C)(C)C. The van der Waals surface area contributed by atoms with Gasteiger partial charge in [-0.1, -0.05) is 283 Å². The minimum absolute atomic E-state index is 0.0116. The zero-order valence-electron chi connectivity index (χ0n) is 66.2. The number of carbonyl (C=O) groups is 4. The number of likely N-dealkylation sites (N-methyl/N-ethyl adjacent to an activating group) is 2. The molecule has 0 saturated carbocycles. The number of phosphoric ester groups is 2. The Balaban J connectivity index is 4.72. The summed E-state index contributed by atoms with van der Waals surface area (Å²) in [6.07, 6.45) is 21.8. The largest absolute Gasteiger partial charge is 0.756 e. The summed E-state index contributed by atoms with van der Waals surface area (Å²) < 4.78 is 136. The topological polar surface area (TPSA) is 222 Å². The molecule has 0 bridgehead atoms. The van der Waals surface area contributed by atoms with Crippen LogP contribution in [0.15, 0.2) is 0 Å². The van der Waals surface area contributed by atoms with E-state index in [1.54, 1.807) is 0 Å². The molecule has 0 amide bonds. The van der Waals surface area contributed by atoms with Crippen LogP contribution in [0, 0.1) is 0 Å². The Morgan fingerprint density at radius 1 is 0.344 bits per heavy atom. The Labute approximate surface area is 561 Å². The van der Waals surface area contributed by atoms with Crippen molar-refractivity contribution in [2.45, 2.75) is 347 Å². The number of carbonyl (C=O) groups excluding carboxylic acids is 4. The molecule has 4 atom stereocenters. The maximum atomic E-state index is 12.8. The first kappa shape index (κ1) is 73.8. The first-order valence-electron chi connectivity index (χ1n) is 39.6. The highest BCUT2D eigenvalue weighted by Crippen LogP contribution is 2.41. The molecule has 0 saturated heterocycles. The van der Waals surface area contributed by atoms with Gasteiger partial charge in [0.15, 0.2) is 13.2 Å². The van der Waals surface area contributed by atoms with Crippen LogP contribution in [0.1, 0.15) is 346 Å². The predicted molar refractivity (Wildman–Crippen MR) is 359 cm³/mol. The molecule has 0 aliphatic rings. The summed E-state index contributed by atoms with van der Waals surface area (Å²) in [5.41, 5.74) is 0. The molecule has 0 rings (SSSR count). The number of rotatable bonds is 69. The Morgan fingerprint density at radius 3 is 0.811 bits per heavy atom. The lowest BCUT2D eigenvalue weighted by Gasteiger charge is -2.29. The first-order valence-corrected chi connectivity index (χ1v) is 38.5. The summed E-state index contributed by atoms with van der Waals surface area (Å²) in [6, 6.07) is 0. The number of quaternary nitrogens is 2. The molecule has 0 aromatic heterocycles. The van der Waals surface area contributed by atoms with Gasteiger partial charge in [-0.05, 0) is 25.7 Å². The zero-order valence-corrected chi connectivity index (χ0v) is 60.0. The molecular weight excluding hydrogens is 1190 g/mol. The molecule has 0 fully saturated rings. The fourth-order valence-corrected chi connectivity index (χ4v) is 11.3. The van der Waals surface area contributed by atoms with Crippen molar-refractivity contribution in [3.8, 4) is 0 Å². The maximum Gasteiger partial charge on any atom is 0.308 e. The van der Waals surface area contributed by atoms with E-state index in [9.17, 15) is 38.1 Å².